The van der Waals surface area contributed by atoms with E-state index in [1.54, 1.807) is 0 Å². The third-order valence-electron chi connectivity index (χ3n) is 5.97. The standard InChI is InChI=1S/C19H28N4O4SSi/c1-19(2,3)29(5,6)26-12-14-13-9-7-8-10-15(13)23-11-16(27-28(4,24)25)17(18(14)23)21-22-20/h7-10,16-17H,11-12H2,1-6H3/t16-,17+/m1/s1. The quantitative estimate of drug-likeness (QED) is 0.212. The van der Waals surface area contributed by atoms with Gasteiger partial charge in [0.2, 0.25) is 0 Å². The molecule has 1 aromatic carbocycles. The summed E-state index contributed by atoms with van der Waals surface area (Å²) >= 11 is 0. The summed E-state index contributed by atoms with van der Waals surface area (Å²) < 4.78 is 37.2. The van der Waals surface area contributed by atoms with Crippen LogP contribution in [0.1, 0.15) is 38.1 Å². The molecule has 0 saturated carbocycles. The lowest BCUT2D eigenvalue weighted by Gasteiger charge is -2.36. The molecule has 2 aromatic rings. The molecule has 2 atom stereocenters. The van der Waals surface area contributed by atoms with E-state index < -0.39 is 30.6 Å². The Morgan fingerprint density at radius 3 is 2.55 bits per heavy atom. The minimum absolute atomic E-state index is 0.0534. The zero-order valence-electron chi connectivity index (χ0n) is 17.7. The lowest BCUT2D eigenvalue weighted by molar-refractivity contribution is 0.186. The van der Waals surface area contributed by atoms with Gasteiger partial charge >= 0.3 is 0 Å². The zero-order valence-corrected chi connectivity index (χ0v) is 19.5. The summed E-state index contributed by atoms with van der Waals surface area (Å²) in [5.41, 5.74) is 11.8. The van der Waals surface area contributed by atoms with Crippen molar-refractivity contribution in [2.24, 2.45) is 5.11 Å². The fourth-order valence-electron chi connectivity index (χ4n) is 3.50. The van der Waals surface area contributed by atoms with Crippen LogP contribution in [0.25, 0.3) is 21.3 Å². The van der Waals surface area contributed by atoms with Gasteiger partial charge in [0.25, 0.3) is 10.1 Å². The Morgan fingerprint density at radius 1 is 1.31 bits per heavy atom. The van der Waals surface area contributed by atoms with Gasteiger partial charge in [-0.2, -0.15) is 8.42 Å². The molecule has 0 aliphatic carbocycles. The van der Waals surface area contributed by atoms with E-state index in [4.69, 9.17) is 14.1 Å². The molecule has 0 radical (unpaired) electrons. The second-order valence-electron chi connectivity index (χ2n) is 9.03. The van der Waals surface area contributed by atoms with E-state index in [0.29, 0.717) is 13.2 Å². The lowest BCUT2D eigenvalue weighted by Crippen LogP contribution is -2.40. The number of azide groups is 1. The van der Waals surface area contributed by atoms with E-state index in [1.807, 2.05) is 28.8 Å². The number of hydrogen-bond donors (Lipinski definition) is 0. The molecule has 0 saturated heterocycles. The molecule has 2 heterocycles. The molecule has 1 aliphatic heterocycles. The number of hydrogen-bond acceptors (Lipinski definition) is 5. The highest BCUT2D eigenvalue weighted by Crippen LogP contribution is 2.43. The monoisotopic (exact) mass is 436 g/mol. The predicted molar refractivity (Wildman–Crippen MR) is 116 cm³/mol. The molecule has 1 aliphatic rings. The van der Waals surface area contributed by atoms with Gasteiger partial charge in [-0.15, -0.1) is 0 Å². The summed E-state index contributed by atoms with van der Waals surface area (Å²) in [4.78, 5) is 2.96. The molecule has 0 unspecified atom stereocenters. The van der Waals surface area contributed by atoms with E-state index in [9.17, 15) is 8.42 Å². The summed E-state index contributed by atoms with van der Waals surface area (Å²) in [7, 11) is -5.71. The van der Waals surface area contributed by atoms with Crippen molar-refractivity contribution in [1.82, 2.24) is 4.57 Å². The first-order valence-electron chi connectivity index (χ1n) is 9.52. The molecule has 3 rings (SSSR count). The first-order valence-corrected chi connectivity index (χ1v) is 14.2. The number of para-hydroxylation sites is 1. The van der Waals surface area contributed by atoms with Crippen LogP contribution >= 0.6 is 0 Å². The largest absolute Gasteiger partial charge is 0.412 e. The average molecular weight is 437 g/mol. The summed E-state index contributed by atoms with van der Waals surface area (Å²) in [6.45, 7) is 11.6. The van der Waals surface area contributed by atoms with Crippen LogP contribution in [0.3, 0.4) is 0 Å². The van der Waals surface area contributed by atoms with Gasteiger partial charge in [-0.05, 0) is 29.7 Å². The van der Waals surface area contributed by atoms with Gasteiger partial charge < -0.3 is 8.99 Å². The molecular formula is C19H28N4O4SSi. The molecule has 0 bridgehead atoms. The Hall–Kier alpha value is -1.84. The molecule has 0 N–H and O–H groups in total. The Kier molecular flexibility index (Phi) is 5.61. The molecular weight excluding hydrogens is 408 g/mol. The van der Waals surface area contributed by atoms with Gasteiger partial charge in [0.15, 0.2) is 8.32 Å². The fourth-order valence-corrected chi connectivity index (χ4v) is 5.05. The van der Waals surface area contributed by atoms with Crippen molar-refractivity contribution in [3.05, 3.63) is 46.0 Å². The third kappa shape index (κ3) is 4.22. The topological polar surface area (TPSA) is 106 Å². The van der Waals surface area contributed by atoms with Crippen LogP contribution in [-0.4, -0.2) is 33.7 Å². The molecule has 0 spiro atoms. The Morgan fingerprint density at radius 2 is 1.97 bits per heavy atom. The van der Waals surface area contributed by atoms with Gasteiger partial charge in [0, 0.05) is 27.1 Å². The number of nitrogens with zero attached hydrogens (tertiary/aromatic N) is 4. The van der Waals surface area contributed by atoms with Crippen LogP contribution in [0, 0.1) is 0 Å². The first-order chi connectivity index (χ1) is 13.4. The second kappa shape index (κ2) is 7.44. The predicted octanol–water partition coefficient (Wildman–Crippen LogP) is 4.87. The van der Waals surface area contributed by atoms with E-state index >= 15 is 0 Å². The van der Waals surface area contributed by atoms with Crippen LogP contribution in [0.2, 0.25) is 18.1 Å². The van der Waals surface area contributed by atoms with Gasteiger partial charge in [0.1, 0.15) is 12.1 Å². The first kappa shape index (κ1) is 21.9. The third-order valence-corrected chi connectivity index (χ3v) is 11.0. The minimum atomic E-state index is -3.70. The van der Waals surface area contributed by atoms with Crippen molar-refractivity contribution in [1.29, 1.82) is 0 Å². The maximum absolute atomic E-state index is 11.7. The van der Waals surface area contributed by atoms with Crippen molar-refractivity contribution in [2.45, 2.75) is 64.2 Å². The Labute approximate surface area is 172 Å². The summed E-state index contributed by atoms with van der Waals surface area (Å²) in [6.07, 6.45) is 0.236. The Bertz CT molecular complexity index is 1080. The fraction of sp³-hybridized carbons (Fsp3) is 0.579. The van der Waals surface area contributed by atoms with Gasteiger partial charge in [0.05, 0.1) is 19.4 Å². The molecule has 0 fully saturated rings. The zero-order chi connectivity index (χ0) is 21.6. The molecule has 1 aromatic heterocycles. The maximum Gasteiger partial charge on any atom is 0.264 e. The molecule has 158 valence electrons. The van der Waals surface area contributed by atoms with Crippen LogP contribution in [0.5, 0.6) is 0 Å². The maximum atomic E-state index is 11.7. The van der Waals surface area contributed by atoms with Gasteiger partial charge in [-0.3, -0.25) is 4.18 Å². The van der Waals surface area contributed by atoms with E-state index in [2.05, 4.69) is 43.9 Å². The summed E-state index contributed by atoms with van der Waals surface area (Å²) in [5, 5.41) is 4.98. The van der Waals surface area contributed by atoms with Crippen molar-refractivity contribution >= 4 is 29.3 Å². The highest BCUT2D eigenvalue weighted by atomic mass is 32.2. The van der Waals surface area contributed by atoms with E-state index in [1.165, 1.54) is 0 Å². The highest BCUT2D eigenvalue weighted by Gasteiger charge is 2.41. The number of aromatic nitrogens is 1. The molecule has 0 amide bonds. The Balaban J connectivity index is 2.10. The van der Waals surface area contributed by atoms with Crippen LogP contribution < -0.4 is 0 Å². The van der Waals surface area contributed by atoms with Crippen molar-refractivity contribution in [3.8, 4) is 0 Å². The smallest absolute Gasteiger partial charge is 0.264 e. The average Bonchev–Trinajstić information content (AvgIpc) is 3.06. The van der Waals surface area contributed by atoms with Crippen molar-refractivity contribution < 1.29 is 17.0 Å². The minimum Gasteiger partial charge on any atom is -0.412 e. The van der Waals surface area contributed by atoms with Crippen LogP contribution in [0.4, 0.5) is 0 Å². The summed E-state index contributed by atoms with van der Waals surface area (Å²) in [5.74, 6) is 0. The van der Waals surface area contributed by atoms with Gasteiger partial charge in [-0.25, -0.2) is 0 Å². The van der Waals surface area contributed by atoms with Crippen molar-refractivity contribution in [2.75, 3.05) is 6.26 Å². The summed E-state index contributed by atoms with van der Waals surface area (Å²) in [6, 6.07) is 7.15. The van der Waals surface area contributed by atoms with Crippen LogP contribution in [0.15, 0.2) is 29.4 Å². The molecule has 10 heteroatoms. The van der Waals surface area contributed by atoms with Crippen LogP contribution in [-0.2, 0) is 31.9 Å². The normalized spacial score (nSPS) is 19.9. The van der Waals surface area contributed by atoms with E-state index in [-0.39, 0.29) is 5.04 Å². The lowest BCUT2D eigenvalue weighted by atomic mass is 10.1. The second-order valence-corrected chi connectivity index (χ2v) is 15.4. The number of fused-ring (bicyclic) bond motifs is 3. The molecule has 8 nitrogen and oxygen atoms in total. The van der Waals surface area contributed by atoms with Crippen molar-refractivity contribution in [3.63, 3.8) is 0 Å². The highest BCUT2D eigenvalue weighted by molar-refractivity contribution is 7.86. The van der Waals surface area contributed by atoms with E-state index in [0.717, 1.165) is 28.4 Å². The van der Waals surface area contributed by atoms with Gasteiger partial charge in [-0.1, -0.05) is 44.1 Å². The molecule has 29 heavy (non-hydrogen) atoms. The number of rotatable bonds is 6. The SMILES string of the molecule is CC(C)(C)[Si](C)(C)OCc1c2n(c3ccccc13)C[C@@H](OS(C)(=O)=O)[C@@H]2N=[N+]=[N-]. The number of benzene rings is 1.